The summed E-state index contributed by atoms with van der Waals surface area (Å²) in [6, 6.07) is 0. The molecule has 0 saturated heterocycles. The molecule has 3 aliphatic heterocycles. The van der Waals surface area contributed by atoms with E-state index in [1.807, 2.05) is 0 Å². The van der Waals surface area contributed by atoms with E-state index >= 15 is 0 Å². The number of hydrogen-bond acceptors (Lipinski definition) is 8. The third-order valence-electron chi connectivity index (χ3n) is 2.20. The van der Waals surface area contributed by atoms with Crippen LogP contribution in [-0.2, 0) is 0 Å². The van der Waals surface area contributed by atoms with Crippen LogP contribution < -0.4 is 10.6 Å². The molecule has 0 aliphatic carbocycles. The summed E-state index contributed by atoms with van der Waals surface area (Å²) >= 11 is 0. The molecule has 0 amide bonds. The van der Waals surface area contributed by atoms with Crippen LogP contribution >= 0.6 is 0 Å². The number of fused-ring (bicyclic) bond motifs is 1. The van der Waals surface area contributed by atoms with Gasteiger partial charge in [0.05, 0.1) is 6.67 Å². The summed E-state index contributed by atoms with van der Waals surface area (Å²) in [5.41, 5.74) is 0. The largest absolute Gasteiger partial charge is 0.349 e. The second-order valence-electron chi connectivity index (χ2n) is 2.96. The first-order valence-electron chi connectivity index (χ1n) is 4.08. The molecule has 4 N–H and O–H groups in total. The Morgan fingerprint density at radius 3 is 2.00 bits per heavy atom. The Hall–Kier alpha value is -1.80. The molecule has 14 heavy (non-hydrogen) atoms. The second kappa shape index (κ2) is 2.36. The molecule has 3 heterocycles. The highest BCUT2D eigenvalue weighted by Crippen LogP contribution is 2.21. The van der Waals surface area contributed by atoms with Gasteiger partial charge in [-0.15, -0.1) is 0 Å². The summed E-state index contributed by atoms with van der Waals surface area (Å²) in [7, 11) is 0. The Morgan fingerprint density at radius 2 is 1.50 bits per heavy atom. The van der Waals surface area contributed by atoms with Crippen LogP contribution in [0.5, 0.6) is 0 Å². The van der Waals surface area contributed by atoms with E-state index in [-0.39, 0.29) is 18.3 Å². The van der Waals surface area contributed by atoms with E-state index < -0.39 is 0 Å². The highest BCUT2D eigenvalue weighted by molar-refractivity contribution is 6.41. The maximum atomic E-state index is 9.69. The van der Waals surface area contributed by atoms with Gasteiger partial charge in [0.1, 0.15) is 6.67 Å². The molecule has 8 heteroatoms. The maximum absolute atomic E-state index is 9.69. The van der Waals surface area contributed by atoms with E-state index in [0.29, 0.717) is 18.3 Å². The van der Waals surface area contributed by atoms with Crippen molar-refractivity contribution in [3.63, 3.8) is 0 Å². The highest BCUT2D eigenvalue weighted by atomic mass is 16.5. The monoisotopic (exact) mass is 196 g/mol. The first-order valence-corrected chi connectivity index (χ1v) is 4.08. The summed E-state index contributed by atoms with van der Waals surface area (Å²) < 4.78 is 0. The average molecular weight is 196 g/mol. The molecule has 0 aromatic rings. The molecule has 8 nitrogen and oxygen atoms in total. The van der Waals surface area contributed by atoms with E-state index in [9.17, 15) is 10.4 Å². The van der Waals surface area contributed by atoms with Gasteiger partial charge in [0.2, 0.25) is 11.7 Å². The number of aliphatic imine (C=N–C) groups is 2. The first kappa shape index (κ1) is 7.59. The molecule has 0 bridgehead atoms. The smallest absolute Gasteiger partial charge is 0.202 e. The minimum atomic E-state index is 0.222. The Kier molecular flexibility index (Phi) is 1.28. The number of rotatable bonds is 0. The molecule has 3 aliphatic rings. The molecule has 0 atom stereocenters. The summed E-state index contributed by atoms with van der Waals surface area (Å²) in [5.74, 6) is 1.27. The van der Waals surface area contributed by atoms with Gasteiger partial charge in [0, 0.05) is 0 Å². The fraction of sp³-hybridized carbons (Fsp3) is 0.333. The van der Waals surface area contributed by atoms with Crippen LogP contribution in [0.4, 0.5) is 0 Å². The topological polar surface area (TPSA) is 95.7 Å². The minimum absolute atomic E-state index is 0.222. The van der Waals surface area contributed by atoms with Crippen LogP contribution in [-0.4, -0.2) is 45.5 Å². The van der Waals surface area contributed by atoms with Crippen LogP contribution in [0.15, 0.2) is 21.6 Å². The molecule has 0 spiro atoms. The van der Waals surface area contributed by atoms with Crippen LogP contribution in [0.1, 0.15) is 0 Å². The zero-order valence-electron chi connectivity index (χ0n) is 7.10. The molecule has 0 unspecified atom stereocenters. The third kappa shape index (κ3) is 0.738. The van der Waals surface area contributed by atoms with Gasteiger partial charge in [-0.2, -0.15) is 10.1 Å². The van der Waals surface area contributed by atoms with Crippen molar-refractivity contribution < 1.29 is 10.4 Å². The van der Waals surface area contributed by atoms with E-state index in [1.165, 1.54) is 0 Å². The quantitative estimate of drug-likeness (QED) is 0.374. The van der Waals surface area contributed by atoms with Gasteiger partial charge in [-0.05, 0) is 0 Å². The van der Waals surface area contributed by atoms with Crippen molar-refractivity contribution in [3.05, 3.63) is 11.6 Å². The predicted molar refractivity (Wildman–Crippen MR) is 45.2 cm³/mol. The van der Waals surface area contributed by atoms with Crippen LogP contribution in [0.3, 0.4) is 0 Å². The number of hydroxylamine groups is 4. The Balaban J connectivity index is 2.13. The number of nitrogens with one attached hydrogen (secondary N) is 2. The normalized spacial score (nSPS) is 23.9. The summed E-state index contributed by atoms with van der Waals surface area (Å²) in [5, 5.41) is 26.9. The lowest BCUT2D eigenvalue weighted by Gasteiger charge is -2.29. The first-order chi connectivity index (χ1) is 6.79. The van der Waals surface area contributed by atoms with Crippen molar-refractivity contribution in [1.82, 2.24) is 20.8 Å². The zero-order chi connectivity index (χ0) is 9.71. The molecule has 0 fully saturated rings. The molecule has 0 aromatic heterocycles. The van der Waals surface area contributed by atoms with Gasteiger partial charge in [0.15, 0.2) is 11.6 Å². The van der Waals surface area contributed by atoms with E-state index in [1.54, 1.807) is 0 Å². The van der Waals surface area contributed by atoms with Crippen LogP contribution in [0.2, 0.25) is 0 Å². The van der Waals surface area contributed by atoms with Crippen molar-refractivity contribution in [1.29, 1.82) is 0 Å². The lowest BCUT2D eigenvalue weighted by molar-refractivity contribution is -0.0230. The number of amidine groups is 2. The molecule has 0 radical (unpaired) electrons. The van der Waals surface area contributed by atoms with Gasteiger partial charge >= 0.3 is 0 Å². The van der Waals surface area contributed by atoms with Crippen molar-refractivity contribution in [3.8, 4) is 0 Å². The SMILES string of the molecule is ON1C2=NCN=C2N(O)C2=C1NCN2. The molecule has 74 valence electrons. The molecular formula is C6H8N6O2. The van der Waals surface area contributed by atoms with E-state index in [2.05, 4.69) is 20.6 Å². The van der Waals surface area contributed by atoms with Gasteiger partial charge in [-0.25, -0.2) is 9.98 Å². The Morgan fingerprint density at radius 1 is 1.00 bits per heavy atom. The average Bonchev–Trinajstić information content (AvgIpc) is 2.82. The van der Waals surface area contributed by atoms with Gasteiger partial charge in [-0.1, -0.05) is 0 Å². The Bertz CT molecular complexity index is 352. The summed E-state index contributed by atoms with van der Waals surface area (Å²) in [6.07, 6.45) is 0. The second-order valence-corrected chi connectivity index (χ2v) is 2.96. The predicted octanol–water partition coefficient (Wildman–Crippen LogP) is -1.57. The lowest BCUT2D eigenvalue weighted by atomic mass is 10.4. The molecule has 0 saturated carbocycles. The number of nitrogens with zero attached hydrogens (tertiary/aromatic N) is 4. The minimum Gasteiger partial charge on any atom is -0.349 e. The van der Waals surface area contributed by atoms with Crippen LogP contribution in [0.25, 0.3) is 0 Å². The highest BCUT2D eigenvalue weighted by Gasteiger charge is 2.38. The molecular weight excluding hydrogens is 188 g/mol. The third-order valence-corrected chi connectivity index (χ3v) is 2.20. The molecule has 3 rings (SSSR count). The fourth-order valence-electron chi connectivity index (χ4n) is 1.58. The van der Waals surface area contributed by atoms with E-state index in [0.717, 1.165) is 10.1 Å². The van der Waals surface area contributed by atoms with E-state index in [4.69, 9.17) is 0 Å². The van der Waals surface area contributed by atoms with Crippen LogP contribution in [0, 0.1) is 0 Å². The lowest BCUT2D eigenvalue weighted by Crippen LogP contribution is -2.48. The zero-order valence-corrected chi connectivity index (χ0v) is 7.10. The van der Waals surface area contributed by atoms with Gasteiger partial charge in [-0.3, -0.25) is 10.4 Å². The fourth-order valence-corrected chi connectivity index (χ4v) is 1.58. The van der Waals surface area contributed by atoms with Crippen molar-refractivity contribution in [2.24, 2.45) is 9.98 Å². The Labute approximate surface area is 78.8 Å². The van der Waals surface area contributed by atoms with Crippen molar-refractivity contribution in [2.75, 3.05) is 13.3 Å². The summed E-state index contributed by atoms with van der Waals surface area (Å²) in [6.45, 7) is 0.665. The summed E-state index contributed by atoms with van der Waals surface area (Å²) in [4.78, 5) is 7.87. The maximum Gasteiger partial charge on any atom is 0.202 e. The van der Waals surface area contributed by atoms with Crippen molar-refractivity contribution >= 4 is 11.7 Å². The number of hydrogen-bond donors (Lipinski definition) is 4. The van der Waals surface area contributed by atoms with Gasteiger partial charge < -0.3 is 10.6 Å². The van der Waals surface area contributed by atoms with Gasteiger partial charge in [0.25, 0.3) is 0 Å². The van der Waals surface area contributed by atoms with Crippen molar-refractivity contribution in [2.45, 2.75) is 0 Å². The standard InChI is InChI=1S/C6H8N6O2/c13-11-3-4(8-1-7-3)12(14)6-5(11)9-2-10-6/h7-8,13-14H,1-2H2. The molecule has 0 aromatic carbocycles.